The van der Waals surface area contributed by atoms with Gasteiger partial charge in [0.25, 0.3) is 11.8 Å². The summed E-state index contributed by atoms with van der Waals surface area (Å²) >= 11 is 0. The summed E-state index contributed by atoms with van der Waals surface area (Å²) in [5.41, 5.74) is 1.32. The number of carbonyl (C=O) groups excluding carboxylic acids is 1. The summed E-state index contributed by atoms with van der Waals surface area (Å²) in [4.78, 5) is 16.2. The Kier molecular flexibility index (Phi) is 4.94. The molecule has 0 aliphatic carbocycles. The van der Waals surface area contributed by atoms with E-state index in [1.165, 1.54) is 0 Å². The highest BCUT2D eigenvalue weighted by molar-refractivity contribution is 5.93. The number of para-hydroxylation sites is 2. The maximum atomic E-state index is 12.1. The lowest BCUT2D eigenvalue weighted by molar-refractivity contribution is -0.118. The Bertz CT molecular complexity index is 876. The zero-order chi connectivity index (χ0) is 17.6. The maximum Gasteiger partial charge on any atom is 0.262 e. The molecule has 0 unspecified atom stereocenters. The molecule has 3 aromatic rings. The van der Waals surface area contributed by atoms with Crippen LogP contribution in [-0.4, -0.2) is 29.8 Å². The van der Waals surface area contributed by atoms with Crippen molar-refractivity contribution < 1.29 is 18.8 Å². The first-order chi connectivity index (χ1) is 12.2. The van der Waals surface area contributed by atoms with Gasteiger partial charge in [0, 0.05) is 5.56 Å². The fourth-order valence-electron chi connectivity index (χ4n) is 2.22. The van der Waals surface area contributed by atoms with Crippen molar-refractivity contribution in [3.63, 3.8) is 0 Å². The Morgan fingerprint density at radius 1 is 1.20 bits per heavy atom. The number of carbonyl (C=O) groups is 1. The fourth-order valence-corrected chi connectivity index (χ4v) is 2.22. The normalized spacial score (nSPS) is 10.3. The van der Waals surface area contributed by atoms with Gasteiger partial charge < -0.3 is 19.3 Å². The van der Waals surface area contributed by atoms with Gasteiger partial charge >= 0.3 is 0 Å². The second-order valence-electron chi connectivity index (χ2n) is 5.21. The first-order valence-electron chi connectivity index (χ1n) is 7.62. The van der Waals surface area contributed by atoms with E-state index < -0.39 is 0 Å². The van der Waals surface area contributed by atoms with E-state index in [1.807, 2.05) is 18.2 Å². The average Bonchev–Trinajstić information content (AvgIpc) is 3.07. The van der Waals surface area contributed by atoms with E-state index in [0.29, 0.717) is 28.9 Å². The molecule has 0 saturated carbocycles. The van der Waals surface area contributed by atoms with Gasteiger partial charge in [-0.2, -0.15) is 4.98 Å². The zero-order valence-corrected chi connectivity index (χ0v) is 13.9. The van der Waals surface area contributed by atoms with Crippen LogP contribution in [0.3, 0.4) is 0 Å². The summed E-state index contributed by atoms with van der Waals surface area (Å²) in [5.74, 6) is 1.79. The van der Waals surface area contributed by atoms with Gasteiger partial charge in [0.15, 0.2) is 12.4 Å². The summed E-state index contributed by atoms with van der Waals surface area (Å²) in [6, 6.07) is 14.3. The van der Waals surface area contributed by atoms with Crippen LogP contribution in [0.15, 0.2) is 53.1 Å². The monoisotopic (exact) mass is 339 g/mol. The van der Waals surface area contributed by atoms with Crippen LogP contribution in [0.1, 0.15) is 5.82 Å². The average molecular weight is 339 g/mol. The van der Waals surface area contributed by atoms with Crippen LogP contribution in [0, 0.1) is 6.92 Å². The van der Waals surface area contributed by atoms with Crippen LogP contribution in [0.4, 0.5) is 5.69 Å². The molecule has 0 spiro atoms. The Morgan fingerprint density at radius 3 is 2.80 bits per heavy atom. The van der Waals surface area contributed by atoms with Crippen LogP contribution in [0.25, 0.3) is 11.5 Å². The largest absolute Gasteiger partial charge is 0.495 e. The molecule has 1 amide bonds. The topological polar surface area (TPSA) is 86.5 Å². The van der Waals surface area contributed by atoms with Crippen LogP contribution < -0.4 is 14.8 Å². The lowest BCUT2D eigenvalue weighted by Gasteiger charge is -2.10. The zero-order valence-electron chi connectivity index (χ0n) is 13.9. The molecule has 0 radical (unpaired) electrons. The number of methoxy groups -OCH3 is 1. The molecular formula is C18H17N3O4. The van der Waals surface area contributed by atoms with E-state index in [9.17, 15) is 4.79 Å². The van der Waals surface area contributed by atoms with Gasteiger partial charge in [0.05, 0.1) is 12.8 Å². The summed E-state index contributed by atoms with van der Waals surface area (Å²) < 4.78 is 15.9. The molecule has 1 heterocycles. The van der Waals surface area contributed by atoms with Gasteiger partial charge in [-0.15, -0.1) is 0 Å². The highest BCUT2D eigenvalue weighted by Crippen LogP contribution is 2.24. The molecule has 1 aromatic heterocycles. The van der Waals surface area contributed by atoms with Crippen molar-refractivity contribution in [2.75, 3.05) is 19.0 Å². The summed E-state index contributed by atoms with van der Waals surface area (Å²) in [5, 5.41) is 6.51. The summed E-state index contributed by atoms with van der Waals surface area (Å²) in [7, 11) is 1.55. The fraction of sp³-hybridized carbons (Fsp3) is 0.167. The lowest BCUT2D eigenvalue weighted by atomic mass is 10.2. The minimum absolute atomic E-state index is 0.135. The number of aryl methyl sites for hydroxylation is 1. The van der Waals surface area contributed by atoms with E-state index in [1.54, 1.807) is 44.4 Å². The minimum Gasteiger partial charge on any atom is -0.495 e. The number of ether oxygens (including phenoxy) is 2. The summed E-state index contributed by atoms with van der Waals surface area (Å²) in [6.45, 7) is 1.61. The second kappa shape index (κ2) is 7.48. The van der Waals surface area contributed by atoms with Crippen molar-refractivity contribution in [3.05, 3.63) is 54.4 Å². The van der Waals surface area contributed by atoms with Crippen molar-refractivity contribution in [3.8, 4) is 23.0 Å². The molecule has 25 heavy (non-hydrogen) atoms. The van der Waals surface area contributed by atoms with Gasteiger partial charge in [-0.3, -0.25) is 4.79 Å². The van der Waals surface area contributed by atoms with Crippen molar-refractivity contribution in [1.82, 2.24) is 10.1 Å². The van der Waals surface area contributed by atoms with E-state index in [-0.39, 0.29) is 12.5 Å². The molecule has 0 saturated heterocycles. The SMILES string of the molecule is COc1ccccc1NC(=O)COc1cccc(-c2nc(C)no2)c1. The number of benzene rings is 2. The molecule has 7 heteroatoms. The molecular weight excluding hydrogens is 322 g/mol. The van der Waals surface area contributed by atoms with Crippen LogP contribution in [0.5, 0.6) is 11.5 Å². The third kappa shape index (κ3) is 4.14. The van der Waals surface area contributed by atoms with Gasteiger partial charge in [-0.05, 0) is 37.3 Å². The Morgan fingerprint density at radius 2 is 2.04 bits per heavy atom. The molecule has 2 aromatic carbocycles. The molecule has 3 rings (SSSR count). The molecule has 0 bridgehead atoms. The smallest absolute Gasteiger partial charge is 0.262 e. The van der Waals surface area contributed by atoms with E-state index in [0.717, 1.165) is 5.56 Å². The van der Waals surface area contributed by atoms with Crippen LogP contribution in [-0.2, 0) is 4.79 Å². The standard InChI is InChI=1S/C18H17N3O4/c1-12-19-18(25-21-12)13-6-5-7-14(10-13)24-11-17(22)20-15-8-3-4-9-16(15)23-2/h3-10H,11H2,1-2H3,(H,20,22). The Balaban J connectivity index is 1.62. The van der Waals surface area contributed by atoms with Gasteiger partial charge in [0.2, 0.25) is 0 Å². The molecule has 0 aliphatic rings. The van der Waals surface area contributed by atoms with E-state index >= 15 is 0 Å². The number of amides is 1. The number of nitrogens with one attached hydrogen (secondary N) is 1. The maximum absolute atomic E-state index is 12.1. The number of nitrogens with zero attached hydrogens (tertiary/aromatic N) is 2. The number of rotatable bonds is 6. The van der Waals surface area contributed by atoms with Crippen molar-refractivity contribution in [2.45, 2.75) is 6.92 Å². The number of aromatic nitrogens is 2. The highest BCUT2D eigenvalue weighted by Gasteiger charge is 2.10. The number of hydrogen-bond donors (Lipinski definition) is 1. The molecule has 0 aliphatic heterocycles. The predicted octanol–water partition coefficient (Wildman–Crippen LogP) is 3.07. The first-order valence-corrected chi connectivity index (χ1v) is 7.62. The van der Waals surface area contributed by atoms with Crippen molar-refractivity contribution in [2.24, 2.45) is 0 Å². The quantitative estimate of drug-likeness (QED) is 0.743. The lowest BCUT2D eigenvalue weighted by Crippen LogP contribution is -2.20. The molecule has 0 fully saturated rings. The van der Waals surface area contributed by atoms with Crippen LogP contribution >= 0.6 is 0 Å². The van der Waals surface area contributed by atoms with Crippen molar-refractivity contribution >= 4 is 11.6 Å². The Labute approximate surface area is 144 Å². The molecule has 128 valence electrons. The first kappa shape index (κ1) is 16.5. The number of anilines is 1. The highest BCUT2D eigenvalue weighted by atomic mass is 16.5. The minimum atomic E-state index is -0.288. The Hall–Kier alpha value is -3.35. The molecule has 0 atom stereocenters. The molecule has 7 nitrogen and oxygen atoms in total. The van der Waals surface area contributed by atoms with E-state index in [4.69, 9.17) is 14.0 Å². The second-order valence-corrected chi connectivity index (χ2v) is 5.21. The van der Waals surface area contributed by atoms with Crippen molar-refractivity contribution in [1.29, 1.82) is 0 Å². The van der Waals surface area contributed by atoms with Crippen LogP contribution in [0.2, 0.25) is 0 Å². The van der Waals surface area contributed by atoms with Gasteiger partial charge in [0.1, 0.15) is 11.5 Å². The van der Waals surface area contributed by atoms with Gasteiger partial charge in [-0.25, -0.2) is 0 Å². The summed E-state index contributed by atoms with van der Waals surface area (Å²) in [6.07, 6.45) is 0. The van der Waals surface area contributed by atoms with E-state index in [2.05, 4.69) is 15.5 Å². The third-order valence-corrected chi connectivity index (χ3v) is 3.36. The number of hydrogen-bond acceptors (Lipinski definition) is 6. The third-order valence-electron chi connectivity index (χ3n) is 3.36. The molecule has 1 N–H and O–H groups in total. The van der Waals surface area contributed by atoms with Gasteiger partial charge in [-0.1, -0.05) is 23.4 Å². The predicted molar refractivity (Wildman–Crippen MR) is 91.6 cm³/mol.